The van der Waals surface area contributed by atoms with Crippen molar-refractivity contribution in [2.45, 2.75) is 6.92 Å². The summed E-state index contributed by atoms with van der Waals surface area (Å²) in [5, 5.41) is 0. The number of nitrogens with zero attached hydrogens (tertiary/aromatic N) is 3. The van der Waals surface area contributed by atoms with Gasteiger partial charge in [0, 0.05) is 6.92 Å². The third kappa shape index (κ3) is 3.12. The lowest BCUT2D eigenvalue weighted by Gasteiger charge is -1.79. The molecule has 0 aliphatic heterocycles. The van der Waals surface area contributed by atoms with Crippen molar-refractivity contribution in [1.82, 2.24) is 15.0 Å². The first-order valence-electron chi connectivity index (χ1n) is 3.45. The van der Waals surface area contributed by atoms with Crippen molar-refractivity contribution in [2.24, 2.45) is 5.73 Å². The van der Waals surface area contributed by atoms with Crippen LogP contribution in [0.4, 0.5) is 0 Å². The third-order valence-electron chi connectivity index (χ3n) is 1.01. The molecule has 0 aliphatic carbocycles. The first-order valence-corrected chi connectivity index (χ1v) is 4.33. The lowest BCUT2D eigenvalue weighted by molar-refractivity contribution is -0.115. The van der Waals surface area contributed by atoms with Crippen LogP contribution in [0.5, 0.6) is 0 Å². The van der Waals surface area contributed by atoms with E-state index >= 15 is 0 Å². The second-order valence-corrected chi connectivity index (χ2v) is 3.01. The van der Waals surface area contributed by atoms with Crippen LogP contribution in [0.2, 0.25) is 0 Å². The number of carbonyl (C=O) groups excluding carboxylic acids is 1. The van der Waals surface area contributed by atoms with Gasteiger partial charge >= 0.3 is 0 Å². The van der Waals surface area contributed by atoms with Crippen LogP contribution in [0.3, 0.4) is 0 Å². The van der Waals surface area contributed by atoms with E-state index in [-0.39, 0.29) is 5.91 Å². The van der Waals surface area contributed by atoms with Crippen molar-refractivity contribution >= 4 is 27.6 Å². The van der Waals surface area contributed by atoms with Crippen LogP contribution in [-0.4, -0.2) is 20.9 Å². The van der Waals surface area contributed by atoms with E-state index in [4.69, 9.17) is 0 Å². The van der Waals surface area contributed by atoms with Gasteiger partial charge in [-0.05, 0) is 0 Å². The number of rotatable bonds is 0. The molecule has 0 spiro atoms. The molecule has 6 heteroatoms. The Morgan fingerprint density at radius 2 is 2.23 bits per heavy atom. The molecule has 1 amide bonds. The van der Waals surface area contributed by atoms with Gasteiger partial charge in [0.1, 0.15) is 16.7 Å². The summed E-state index contributed by atoms with van der Waals surface area (Å²) < 4.78 is 0. The fourth-order valence-electron chi connectivity index (χ4n) is 0.623. The quantitative estimate of drug-likeness (QED) is 0.668. The Hall–Kier alpha value is -1.56. The number of thiazole rings is 1. The van der Waals surface area contributed by atoms with Gasteiger partial charge in [-0.1, -0.05) is 0 Å². The van der Waals surface area contributed by atoms with E-state index in [9.17, 15) is 4.79 Å². The van der Waals surface area contributed by atoms with Gasteiger partial charge in [0.2, 0.25) is 5.91 Å². The average Bonchev–Trinajstić information content (AvgIpc) is 2.49. The molecule has 2 heterocycles. The maximum Gasteiger partial charge on any atom is 0.214 e. The number of carbonyl (C=O) groups is 1. The molecule has 13 heavy (non-hydrogen) atoms. The maximum atomic E-state index is 9.22. The number of primary amides is 1. The minimum Gasteiger partial charge on any atom is -0.370 e. The van der Waals surface area contributed by atoms with Crippen molar-refractivity contribution in [1.29, 1.82) is 0 Å². The zero-order valence-corrected chi connectivity index (χ0v) is 7.78. The van der Waals surface area contributed by atoms with Crippen LogP contribution >= 0.6 is 11.3 Å². The van der Waals surface area contributed by atoms with Gasteiger partial charge in [0.05, 0.1) is 11.7 Å². The fourth-order valence-corrected chi connectivity index (χ4v) is 1.22. The summed E-state index contributed by atoms with van der Waals surface area (Å²) in [6.45, 7) is 1.31. The first-order chi connectivity index (χ1) is 6.20. The van der Waals surface area contributed by atoms with Crippen molar-refractivity contribution in [3.8, 4) is 0 Å². The number of hydrogen-bond acceptors (Lipinski definition) is 5. The summed E-state index contributed by atoms with van der Waals surface area (Å²) in [6.07, 6.45) is 3.24. The number of fused-ring (bicyclic) bond motifs is 1. The molecule has 0 fully saturated rings. The average molecular weight is 196 g/mol. The Morgan fingerprint density at radius 3 is 2.85 bits per heavy atom. The first kappa shape index (κ1) is 9.53. The van der Waals surface area contributed by atoms with Crippen molar-refractivity contribution in [3.05, 3.63) is 18.0 Å². The van der Waals surface area contributed by atoms with E-state index in [1.165, 1.54) is 24.6 Å². The molecule has 0 saturated heterocycles. The second-order valence-electron chi connectivity index (χ2n) is 2.18. The molecule has 0 atom stereocenters. The summed E-state index contributed by atoms with van der Waals surface area (Å²) in [4.78, 5) is 22.0. The van der Waals surface area contributed by atoms with Gasteiger partial charge in [-0.25, -0.2) is 15.0 Å². The normalized spacial score (nSPS) is 9.00. The van der Waals surface area contributed by atoms with Gasteiger partial charge in [0.15, 0.2) is 0 Å². The van der Waals surface area contributed by atoms with Gasteiger partial charge in [-0.2, -0.15) is 0 Å². The zero-order chi connectivity index (χ0) is 9.68. The fraction of sp³-hybridized carbons (Fsp3) is 0.143. The number of nitrogens with two attached hydrogens (primary N) is 1. The molecular formula is C7H8N4OS. The zero-order valence-electron chi connectivity index (χ0n) is 6.97. The summed E-state index contributed by atoms with van der Waals surface area (Å²) in [7, 11) is 0. The SMILES string of the molecule is CC(N)=O.c1ncc2ncsc2n1. The van der Waals surface area contributed by atoms with E-state index in [1.807, 2.05) is 0 Å². The molecule has 0 radical (unpaired) electrons. The van der Waals surface area contributed by atoms with E-state index < -0.39 is 0 Å². The highest BCUT2D eigenvalue weighted by Gasteiger charge is 1.92. The number of hydrogen-bond donors (Lipinski definition) is 1. The van der Waals surface area contributed by atoms with E-state index in [1.54, 1.807) is 11.7 Å². The smallest absolute Gasteiger partial charge is 0.214 e. The van der Waals surface area contributed by atoms with Gasteiger partial charge in [-0.3, -0.25) is 4.79 Å². The van der Waals surface area contributed by atoms with Crippen molar-refractivity contribution in [3.63, 3.8) is 0 Å². The topological polar surface area (TPSA) is 81.8 Å². The van der Waals surface area contributed by atoms with E-state index in [2.05, 4.69) is 20.7 Å². The van der Waals surface area contributed by atoms with E-state index in [0.717, 1.165) is 10.3 Å². The van der Waals surface area contributed by atoms with Gasteiger partial charge in [-0.15, -0.1) is 11.3 Å². The lowest BCUT2D eigenvalue weighted by Crippen LogP contribution is -2.01. The van der Waals surface area contributed by atoms with Crippen molar-refractivity contribution in [2.75, 3.05) is 0 Å². The molecule has 2 aromatic rings. The second kappa shape index (κ2) is 4.46. The minimum atomic E-state index is -0.333. The van der Waals surface area contributed by atoms with Crippen molar-refractivity contribution < 1.29 is 4.79 Å². The van der Waals surface area contributed by atoms with E-state index in [0.29, 0.717) is 0 Å². The molecule has 68 valence electrons. The highest BCUT2D eigenvalue weighted by atomic mass is 32.1. The molecule has 2 rings (SSSR count). The summed E-state index contributed by atoms with van der Waals surface area (Å²) in [6, 6.07) is 0. The highest BCUT2D eigenvalue weighted by Crippen LogP contribution is 2.10. The summed E-state index contributed by atoms with van der Waals surface area (Å²) in [5.74, 6) is -0.333. The molecule has 2 aromatic heterocycles. The Labute approximate surface area is 78.6 Å². The van der Waals surface area contributed by atoms with Crippen LogP contribution < -0.4 is 5.73 Å². The molecule has 0 unspecified atom stereocenters. The van der Waals surface area contributed by atoms with Gasteiger partial charge < -0.3 is 5.73 Å². The molecule has 0 bridgehead atoms. The molecule has 0 aliphatic rings. The number of aromatic nitrogens is 3. The minimum absolute atomic E-state index is 0.333. The largest absolute Gasteiger partial charge is 0.370 e. The molecule has 0 aromatic carbocycles. The summed E-state index contributed by atoms with van der Waals surface area (Å²) >= 11 is 1.53. The molecule has 0 saturated carbocycles. The maximum absolute atomic E-state index is 9.22. The summed E-state index contributed by atoms with van der Waals surface area (Å²) in [5.41, 5.74) is 7.11. The third-order valence-corrected chi connectivity index (χ3v) is 1.76. The Kier molecular flexibility index (Phi) is 3.27. The van der Waals surface area contributed by atoms with Crippen LogP contribution in [0.25, 0.3) is 10.3 Å². The molecule has 2 N–H and O–H groups in total. The lowest BCUT2D eigenvalue weighted by atomic mass is 10.6. The standard InChI is InChI=1S/C5H3N3S.C2H5NO/c1-4-5(7-2-6-1)9-3-8-4;1-2(3)4/h1-3H;1H3,(H2,3,4). The Balaban J connectivity index is 0.000000184. The van der Waals surface area contributed by atoms with Gasteiger partial charge in [0.25, 0.3) is 0 Å². The Morgan fingerprint density at radius 1 is 1.54 bits per heavy atom. The van der Waals surface area contributed by atoms with Crippen LogP contribution in [0.1, 0.15) is 6.92 Å². The Bertz CT molecular complexity index is 366. The predicted molar refractivity (Wildman–Crippen MR) is 50.1 cm³/mol. The van der Waals surface area contributed by atoms with Crippen LogP contribution in [0.15, 0.2) is 18.0 Å². The predicted octanol–water partition coefficient (Wildman–Crippen LogP) is 0.578. The van der Waals surface area contributed by atoms with Crippen LogP contribution in [-0.2, 0) is 4.79 Å². The highest BCUT2D eigenvalue weighted by molar-refractivity contribution is 7.16. The molecule has 5 nitrogen and oxygen atoms in total. The number of amides is 1. The monoisotopic (exact) mass is 196 g/mol. The van der Waals surface area contributed by atoms with Crippen LogP contribution in [0, 0.1) is 0 Å². The molecular weight excluding hydrogens is 188 g/mol.